The topological polar surface area (TPSA) is 31.4 Å². The fourth-order valence-electron chi connectivity index (χ4n) is 3.47. The number of hydrogen-bond donors (Lipinski definition) is 1. The molecule has 0 spiro atoms. The quantitative estimate of drug-likeness (QED) is 0.915. The number of piperazine rings is 1. The molecule has 2 heterocycles. The summed E-state index contributed by atoms with van der Waals surface area (Å²) < 4.78 is 0. The molecular weight excluding hydrogens is 256 g/mol. The summed E-state index contributed by atoms with van der Waals surface area (Å²) in [5, 5.41) is 6.68. The molecule has 2 aliphatic rings. The van der Waals surface area contributed by atoms with Crippen LogP contribution in [-0.4, -0.2) is 60.1 Å². The molecule has 1 aromatic heterocycles. The van der Waals surface area contributed by atoms with Crippen LogP contribution in [0.25, 0.3) is 0 Å². The molecular formula is C14H24N4S. The first-order valence-corrected chi connectivity index (χ1v) is 8.23. The fraction of sp³-hybridized carbons (Fsp3) is 0.786. The van der Waals surface area contributed by atoms with E-state index in [1.54, 1.807) is 11.3 Å². The molecule has 0 amide bonds. The molecule has 0 bridgehead atoms. The van der Waals surface area contributed by atoms with E-state index in [-0.39, 0.29) is 0 Å². The Hall–Kier alpha value is -0.650. The molecule has 0 unspecified atom stereocenters. The summed E-state index contributed by atoms with van der Waals surface area (Å²) in [7, 11) is 2.23. The Morgan fingerprint density at radius 2 is 2.00 bits per heavy atom. The minimum Gasteiger partial charge on any atom is -0.360 e. The second kappa shape index (κ2) is 5.77. The predicted molar refractivity (Wildman–Crippen MR) is 80.9 cm³/mol. The highest BCUT2D eigenvalue weighted by atomic mass is 32.1. The monoisotopic (exact) mass is 280 g/mol. The van der Waals surface area contributed by atoms with Gasteiger partial charge in [0, 0.05) is 49.8 Å². The normalized spacial score (nSPS) is 24.7. The van der Waals surface area contributed by atoms with Gasteiger partial charge in [-0.15, -0.1) is 11.3 Å². The number of aromatic nitrogens is 1. The lowest BCUT2D eigenvalue weighted by atomic mass is 9.94. The molecule has 1 N–H and O–H groups in total. The molecule has 1 aromatic rings. The zero-order chi connectivity index (χ0) is 13.1. The summed E-state index contributed by atoms with van der Waals surface area (Å²) in [6, 6.07) is 0. The zero-order valence-electron chi connectivity index (χ0n) is 11.8. The van der Waals surface area contributed by atoms with E-state index in [2.05, 4.69) is 27.1 Å². The number of nitrogens with zero attached hydrogens (tertiary/aromatic N) is 3. The number of hydrogen-bond acceptors (Lipinski definition) is 5. The van der Waals surface area contributed by atoms with Crippen molar-refractivity contribution in [1.29, 1.82) is 0 Å². The summed E-state index contributed by atoms with van der Waals surface area (Å²) in [5.74, 6) is 0. The second-order valence-corrected chi connectivity index (χ2v) is 6.81. The summed E-state index contributed by atoms with van der Waals surface area (Å²) in [6.45, 7) is 5.91. The van der Waals surface area contributed by atoms with Gasteiger partial charge in [-0.2, -0.15) is 0 Å². The lowest BCUT2D eigenvalue weighted by Crippen LogP contribution is -2.58. The molecule has 1 saturated carbocycles. The van der Waals surface area contributed by atoms with Crippen molar-refractivity contribution in [2.45, 2.75) is 31.2 Å². The van der Waals surface area contributed by atoms with Crippen LogP contribution in [0.15, 0.2) is 11.6 Å². The number of thiazole rings is 1. The zero-order valence-corrected chi connectivity index (χ0v) is 12.6. The maximum absolute atomic E-state index is 4.35. The van der Waals surface area contributed by atoms with E-state index < -0.39 is 0 Å². The van der Waals surface area contributed by atoms with Crippen molar-refractivity contribution >= 4 is 16.5 Å². The number of rotatable bonds is 4. The minimum atomic E-state index is 0.382. The van der Waals surface area contributed by atoms with Crippen molar-refractivity contribution in [3.05, 3.63) is 11.6 Å². The van der Waals surface area contributed by atoms with Crippen LogP contribution in [0.5, 0.6) is 0 Å². The third kappa shape index (κ3) is 2.93. The molecule has 2 fully saturated rings. The smallest absolute Gasteiger partial charge is 0.182 e. The van der Waals surface area contributed by atoms with E-state index in [0.717, 1.165) is 11.7 Å². The molecule has 0 atom stereocenters. The summed E-state index contributed by atoms with van der Waals surface area (Å²) in [5.41, 5.74) is 0.382. The van der Waals surface area contributed by atoms with Gasteiger partial charge >= 0.3 is 0 Å². The van der Waals surface area contributed by atoms with Crippen LogP contribution in [0.3, 0.4) is 0 Å². The van der Waals surface area contributed by atoms with E-state index in [4.69, 9.17) is 0 Å². The first kappa shape index (κ1) is 13.3. The van der Waals surface area contributed by atoms with E-state index in [1.807, 2.05) is 11.6 Å². The first-order valence-electron chi connectivity index (χ1n) is 7.35. The van der Waals surface area contributed by atoms with E-state index in [1.165, 1.54) is 51.9 Å². The average molecular weight is 280 g/mol. The lowest BCUT2D eigenvalue weighted by molar-refractivity contribution is 0.0511. The highest BCUT2D eigenvalue weighted by Crippen LogP contribution is 2.36. The number of nitrogens with one attached hydrogen (secondary N) is 1. The molecule has 106 valence electrons. The fourth-order valence-corrected chi connectivity index (χ4v) is 4.00. The highest BCUT2D eigenvalue weighted by Gasteiger charge is 2.40. The molecule has 1 saturated heterocycles. The molecule has 4 nitrogen and oxygen atoms in total. The Morgan fingerprint density at radius 1 is 1.26 bits per heavy atom. The van der Waals surface area contributed by atoms with E-state index in [9.17, 15) is 0 Å². The van der Waals surface area contributed by atoms with Gasteiger partial charge in [-0.1, -0.05) is 12.8 Å². The lowest BCUT2D eigenvalue weighted by Gasteiger charge is -2.45. The maximum Gasteiger partial charge on any atom is 0.182 e. The Bertz CT molecular complexity index is 378. The van der Waals surface area contributed by atoms with Crippen LogP contribution < -0.4 is 5.32 Å². The Kier molecular flexibility index (Phi) is 4.05. The van der Waals surface area contributed by atoms with Crippen molar-refractivity contribution < 1.29 is 0 Å². The Morgan fingerprint density at radius 3 is 2.63 bits per heavy atom. The minimum absolute atomic E-state index is 0.382. The van der Waals surface area contributed by atoms with Crippen LogP contribution in [0.4, 0.5) is 5.13 Å². The standard InChI is InChI=1S/C14H24N4S/c1-17-7-9-18(10-8-17)14(4-2-3-5-14)12-16-13-15-6-11-19-13/h6,11H,2-5,7-10,12H2,1H3,(H,15,16). The third-order valence-electron chi connectivity index (χ3n) is 4.71. The third-order valence-corrected chi connectivity index (χ3v) is 5.44. The van der Waals surface area contributed by atoms with Gasteiger partial charge in [0.1, 0.15) is 0 Å². The van der Waals surface area contributed by atoms with Gasteiger partial charge in [0.15, 0.2) is 5.13 Å². The summed E-state index contributed by atoms with van der Waals surface area (Å²) in [6.07, 6.45) is 7.33. The van der Waals surface area contributed by atoms with Gasteiger partial charge in [-0.25, -0.2) is 4.98 Å². The predicted octanol–water partition coefficient (Wildman–Crippen LogP) is 2.12. The molecule has 19 heavy (non-hydrogen) atoms. The first-order chi connectivity index (χ1) is 9.28. The number of likely N-dealkylation sites (N-methyl/N-ethyl adjacent to an activating group) is 1. The van der Waals surface area contributed by atoms with Crippen LogP contribution >= 0.6 is 11.3 Å². The van der Waals surface area contributed by atoms with Crippen LogP contribution in [0, 0.1) is 0 Å². The van der Waals surface area contributed by atoms with Crippen LogP contribution in [0.2, 0.25) is 0 Å². The maximum atomic E-state index is 4.35. The van der Waals surface area contributed by atoms with Gasteiger partial charge in [0.2, 0.25) is 0 Å². The molecule has 5 heteroatoms. The largest absolute Gasteiger partial charge is 0.360 e. The van der Waals surface area contributed by atoms with E-state index >= 15 is 0 Å². The highest BCUT2D eigenvalue weighted by molar-refractivity contribution is 7.13. The second-order valence-electron chi connectivity index (χ2n) is 5.91. The Labute approximate surface area is 119 Å². The van der Waals surface area contributed by atoms with Gasteiger partial charge in [0.25, 0.3) is 0 Å². The molecule has 1 aliphatic heterocycles. The van der Waals surface area contributed by atoms with Gasteiger partial charge < -0.3 is 10.2 Å². The molecule has 1 aliphatic carbocycles. The van der Waals surface area contributed by atoms with E-state index in [0.29, 0.717) is 5.54 Å². The molecule has 0 radical (unpaired) electrons. The molecule has 0 aromatic carbocycles. The van der Waals surface area contributed by atoms with Gasteiger partial charge in [0.05, 0.1) is 0 Å². The van der Waals surface area contributed by atoms with Gasteiger partial charge in [-0.05, 0) is 19.9 Å². The SMILES string of the molecule is CN1CCN(C2(CNc3nccs3)CCCC2)CC1. The summed E-state index contributed by atoms with van der Waals surface area (Å²) >= 11 is 1.70. The Balaban J connectivity index is 1.65. The summed E-state index contributed by atoms with van der Waals surface area (Å²) in [4.78, 5) is 9.52. The van der Waals surface area contributed by atoms with Crippen molar-refractivity contribution in [3.8, 4) is 0 Å². The van der Waals surface area contributed by atoms with Crippen molar-refractivity contribution in [2.75, 3.05) is 45.1 Å². The van der Waals surface area contributed by atoms with Gasteiger partial charge in [-0.3, -0.25) is 4.90 Å². The van der Waals surface area contributed by atoms with Crippen molar-refractivity contribution in [2.24, 2.45) is 0 Å². The molecule has 3 rings (SSSR count). The number of anilines is 1. The van der Waals surface area contributed by atoms with Crippen molar-refractivity contribution in [1.82, 2.24) is 14.8 Å². The van der Waals surface area contributed by atoms with Crippen molar-refractivity contribution in [3.63, 3.8) is 0 Å². The van der Waals surface area contributed by atoms with Crippen LogP contribution in [0.1, 0.15) is 25.7 Å². The van der Waals surface area contributed by atoms with Crippen LogP contribution in [-0.2, 0) is 0 Å². The average Bonchev–Trinajstić information content (AvgIpc) is 3.09.